The Morgan fingerprint density at radius 1 is 0.483 bits per heavy atom. The first-order valence-corrected chi connectivity index (χ1v) is 14.7. The van der Waals surface area contributed by atoms with Gasteiger partial charge in [0.2, 0.25) is 0 Å². The van der Waals surface area contributed by atoms with Gasteiger partial charge < -0.3 is 0 Å². The Hall–Kier alpha value is -1.95. The summed E-state index contributed by atoms with van der Waals surface area (Å²) < 4.78 is 5.42. The van der Waals surface area contributed by atoms with Crippen molar-refractivity contribution in [3.63, 3.8) is 0 Å². The molecule has 0 atom stereocenters. The molecular formula is C24H20ClNP2S. The normalized spacial score (nSPS) is 11.8. The molecule has 0 amide bonds. The summed E-state index contributed by atoms with van der Waals surface area (Å²) in [5, 5.41) is 4.15. The van der Waals surface area contributed by atoms with Crippen LogP contribution in [0.3, 0.4) is 0 Å². The van der Waals surface area contributed by atoms with Gasteiger partial charge >= 0.3 is 0 Å². The Labute approximate surface area is 182 Å². The van der Waals surface area contributed by atoms with E-state index >= 15 is 0 Å². The summed E-state index contributed by atoms with van der Waals surface area (Å²) in [6.07, 6.45) is -5.08. The predicted molar refractivity (Wildman–Crippen MR) is 134 cm³/mol. The third kappa shape index (κ3) is 4.18. The second-order valence-electron chi connectivity index (χ2n) is 6.56. The first-order valence-electron chi connectivity index (χ1n) is 9.29. The number of halogens is 1. The van der Waals surface area contributed by atoms with E-state index in [-0.39, 0.29) is 0 Å². The highest BCUT2D eigenvalue weighted by molar-refractivity contribution is 8.24. The first kappa shape index (κ1) is 20.3. The van der Waals surface area contributed by atoms with Crippen LogP contribution in [0.25, 0.3) is 0 Å². The molecule has 0 heterocycles. The Kier molecular flexibility index (Phi) is 6.18. The summed E-state index contributed by atoms with van der Waals surface area (Å²) >= 11 is 13.9. The fraction of sp³-hybridized carbons (Fsp3) is 0. The van der Waals surface area contributed by atoms with E-state index in [1.807, 2.05) is 72.8 Å². The lowest BCUT2D eigenvalue weighted by Gasteiger charge is -2.26. The molecular weight excluding hydrogens is 432 g/mol. The largest absolute Gasteiger partial charge is 0.237 e. The minimum absolute atomic E-state index is 1.02. The zero-order valence-electron chi connectivity index (χ0n) is 15.7. The number of hydrogen-bond donors (Lipinski definition) is 0. The maximum absolute atomic E-state index is 7.48. The van der Waals surface area contributed by atoms with E-state index in [1.165, 1.54) is 0 Å². The Bertz CT molecular complexity index is 1090. The van der Waals surface area contributed by atoms with Gasteiger partial charge in [-0.1, -0.05) is 144 Å². The molecule has 29 heavy (non-hydrogen) atoms. The lowest BCUT2D eigenvalue weighted by molar-refractivity contribution is 1.72. The molecule has 4 aromatic carbocycles. The van der Waals surface area contributed by atoms with Crippen molar-refractivity contribution in [2.45, 2.75) is 0 Å². The highest BCUT2D eigenvalue weighted by Crippen LogP contribution is 2.62. The first-order chi connectivity index (χ1) is 14.1. The fourth-order valence-corrected chi connectivity index (χ4v) is 12.8. The van der Waals surface area contributed by atoms with E-state index < -0.39 is 12.6 Å². The summed E-state index contributed by atoms with van der Waals surface area (Å²) in [5.74, 6) is 0. The maximum atomic E-state index is 7.48. The monoisotopic (exact) mass is 451 g/mol. The summed E-state index contributed by atoms with van der Waals surface area (Å²) in [4.78, 5) is 0. The average Bonchev–Trinajstić information content (AvgIpc) is 2.81. The fourth-order valence-electron chi connectivity index (χ4n) is 3.19. The van der Waals surface area contributed by atoms with Crippen molar-refractivity contribution < 1.29 is 0 Å². The molecule has 5 heteroatoms. The third-order valence-corrected chi connectivity index (χ3v) is 14.3. The SMILES string of the molecule is S=P(N=P(Cl)(c1ccccc1)c1ccccc1)(c1ccccc1)c1ccccc1. The molecule has 0 unspecified atom stereocenters. The average molecular weight is 452 g/mol. The summed E-state index contributed by atoms with van der Waals surface area (Å²) in [7, 11) is 0. The van der Waals surface area contributed by atoms with Crippen LogP contribution in [0.1, 0.15) is 0 Å². The van der Waals surface area contributed by atoms with E-state index in [1.54, 1.807) is 0 Å². The molecule has 0 bridgehead atoms. The molecule has 0 fully saturated rings. The molecule has 0 N–H and O–H groups in total. The van der Waals surface area contributed by atoms with Crippen molar-refractivity contribution in [1.29, 1.82) is 0 Å². The molecule has 0 aliphatic rings. The zero-order chi connectivity index (χ0) is 20.2. The zero-order valence-corrected chi connectivity index (χ0v) is 19.0. The number of rotatable bonds is 5. The molecule has 0 aromatic heterocycles. The van der Waals surface area contributed by atoms with Crippen LogP contribution in [0.4, 0.5) is 0 Å². The maximum Gasteiger partial charge on any atom is 0.116 e. The summed E-state index contributed by atoms with van der Waals surface area (Å²) in [6, 6.07) is 40.7. The van der Waals surface area contributed by atoms with Crippen LogP contribution in [0, 0.1) is 0 Å². The molecule has 144 valence electrons. The van der Waals surface area contributed by atoms with Gasteiger partial charge in [0.15, 0.2) is 0 Å². The molecule has 0 spiro atoms. The van der Waals surface area contributed by atoms with E-state index in [9.17, 15) is 0 Å². The van der Waals surface area contributed by atoms with Gasteiger partial charge in [0, 0.05) is 21.2 Å². The molecule has 4 aromatic rings. The number of hydrogen-bond acceptors (Lipinski definition) is 1. The standard InChI is InChI=1S/C24H20ClNP2S/c25-27(21-13-5-1-6-14-21,22-15-7-2-8-16-22)26-28(29,23-17-9-3-10-18-23)24-19-11-4-12-20-24/h1-20H. The van der Waals surface area contributed by atoms with Crippen molar-refractivity contribution in [2.24, 2.45) is 4.52 Å². The van der Waals surface area contributed by atoms with Crippen LogP contribution >= 0.6 is 23.8 Å². The van der Waals surface area contributed by atoms with Crippen molar-refractivity contribution in [2.75, 3.05) is 0 Å². The summed E-state index contributed by atoms with van der Waals surface area (Å²) in [5.41, 5.74) is 0. The summed E-state index contributed by atoms with van der Waals surface area (Å²) in [6.45, 7) is 0. The van der Waals surface area contributed by atoms with Crippen LogP contribution < -0.4 is 21.2 Å². The molecule has 1 nitrogen and oxygen atoms in total. The van der Waals surface area contributed by atoms with Gasteiger partial charge in [0.1, 0.15) is 12.6 Å². The minimum Gasteiger partial charge on any atom is -0.237 e. The van der Waals surface area contributed by atoms with Crippen LogP contribution in [0.15, 0.2) is 126 Å². The van der Waals surface area contributed by atoms with Gasteiger partial charge in [-0.2, -0.15) is 0 Å². The Morgan fingerprint density at radius 2 is 0.759 bits per heavy atom. The molecule has 0 radical (unpaired) electrons. The van der Waals surface area contributed by atoms with E-state index in [0.717, 1.165) is 21.2 Å². The van der Waals surface area contributed by atoms with Crippen molar-refractivity contribution >= 4 is 56.9 Å². The highest BCUT2D eigenvalue weighted by Gasteiger charge is 2.29. The van der Waals surface area contributed by atoms with Gasteiger partial charge in [-0.25, -0.2) is 4.52 Å². The van der Waals surface area contributed by atoms with E-state index in [4.69, 9.17) is 27.6 Å². The topological polar surface area (TPSA) is 12.4 Å². The second kappa shape index (κ2) is 8.82. The minimum atomic E-state index is -2.58. The molecule has 4 rings (SSSR count). The van der Waals surface area contributed by atoms with Gasteiger partial charge in [-0.3, -0.25) is 0 Å². The Balaban J connectivity index is 2.06. The number of nitrogens with zero attached hydrogens (tertiary/aromatic N) is 1. The second-order valence-corrected chi connectivity index (χ2v) is 14.7. The van der Waals surface area contributed by atoms with Gasteiger partial charge in [-0.15, -0.1) is 0 Å². The lowest BCUT2D eigenvalue weighted by Crippen LogP contribution is -2.17. The van der Waals surface area contributed by atoms with Crippen molar-refractivity contribution in [1.82, 2.24) is 0 Å². The van der Waals surface area contributed by atoms with Crippen LogP contribution in [0.2, 0.25) is 0 Å². The smallest absolute Gasteiger partial charge is 0.116 e. The Morgan fingerprint density at radius 3 is 1.07 bits per heavy atom. The molecule has 0 saturated carbocycles. The molecule has 0 saturated heterocycles. The van der Waals surface area contributed by atoms with Crippen LogP contribution in [-0.4, -0.2) is 0 Å². The van der Waals surface area contributed by atoms with Gasteiger partial charge in [-0.05, 0) is 0 Å². The van der Waals surface area contributed by atoms with Gasteiger partial charge in [0.05, 0.1) is 0 Å². The predicted octanol–water partition coefficient (Wildman–Crippen LogP) is 6.04. The van der Waals surface area contributed by atoms with Crippen molar-refractivity contribution in [3.8, 4) is 0 Å². The highest BCUT2D eigenvalue weighted by atomic mass is 35.7. The molecule has 0 aliphatic carbocycles. The quantitative estimate of drug-likeness (QED) is 0.337. The third-order valence-electron chi connectivity index (χ3n) is 4.66. The van der Waals surface area contributed by atoms with Gasteiger partial charge in [0.25, 0.3) is 0 Å². The number of benzene rings is 4. The van der Waals surface area contributed by atoms with Crippen LogP contribution in [-0.2, 0) is 11.8 Å². The van der Waals surface area contributed by atoms with E-state index in [2.05, 4.69) is 48.5 Å². The lowest BCUT2D eigenvalue weighted by atomic mass is 10.4. The molecule has 0 aliphatic heterocycles. The van der Waals surface area contributed by atoms with E-state index in [0.29, 0.717) is 0 Å². The van der Waals surface area contributed by atoms with Crippen molar-refractivity contribution in [3.05, 3.63) is 121 Å². The van der Waals surface area contributed by atoms with Crippen LogP contribution in [0.5, 0.6) is 0 Å².